The number of hydrogen-bond donors (Lipinski definition) is 1. The van der Waals surface area contributed by atoms with Crippen LogP contribution in [0.2, 0.25) is 0 Å². The molecule has 2 aromatic heterocycles. The fraction of sp³-hybridized carbons (Fsp3) is 0.200. The first-order valence-electron chi connectivity index (χ1n) is 6.26. The van der Waals surface area contributed by atoms with E-state index in [1.54, 1.807) is 12.4 Å². The van der Waals surface area contributed by atoms with Crippen molar-refractivity contribution >= 4 is 16.9 Å². The highest BCUT2D eigenvalue weighted by molar-refractivity contribution is 5.77. The molecule has 0 saturated heterocycles. The highest BCUT2D eigenvalue weighted by atomic mass is 16.3. The van der Waals surface area contributed by atoms with E-state index in [9.17, 15) is 0 Å². The number of para-hydroxylation sites is 1. The summed E-state index contributed by atoms with van der Waals surface area (Å²) in [5.74, 6) is 1.49. The molecule has 0 aliphatic heterocycles. The summed E-state index contributed by atoms with van der Waals surface area (Å²) in [6.07, 6.45) is 3.58. The van der Waals surface area contributed by atoms with Crippen molar-refractivity contribution in [2.45, 2.75) is 19.9 Å². The third kappa shape index (κ3) is 2.42. The standard InChI is InChI=1S/C15H15N3O/c1-10-8-16-15(17-9-10)18-11(2)14-7-12-5-3-4-6-13(12)19-14/h3-9,11H,1-2H3,(H,16,17,18)/t11-/m1/s1. The van der Waals surface area contributed by atoms with Gasteiger partial charge in [0.25, 0.3) is 0 Å². The molecule has 3 rings (SSSR count). The molecular formula is C15H15N3O. The maximum atomic E-state index is 5.81. The van der Waals surface area contributed by atoms with Crippen LogP contribution in [0.15, 0.2) is 47.1 Å². The lowest BCUT2D eigenvalue weighted by atomic mass is 10.2. The van der Waals surface area contributed by atoms with Crippen molar-refractivity contribution in [3.05, 3.63) is 54.0 Å². The van der Waals surface area contributed by atoms with Crippen LogP contribution in [0.5, 0.6) is 0 Å². The summed E-state index contributed by atoms with van der Waals surface area (Å²) in [5.41, 5.74) is 1.94. The van der Waals surface area contributed by atoms with Gasteiger partial charge in [0.05, 0.1) is 6.04 Å². The predicted octanol–water partition coefficient (Wildman–Crippen LogP) is 3.70. The second-order valence-electron chi connectivity index (χ2n) is 4.64. The number of furan rings is 1. The number of hydrogen-bond acceptors (Lipinski definition) is 4. The van der Waals surface area contributed by atoms with Crippen molar-refractivity contribution in [3.63, 3.8) is 0 Å². The molecule has 0 amide bonds. The largest absolute Gasteiger partial charge is 0.459 e. The quantitative estimate of drug-likeness (QED) is 0.773. The van der Waals surface area contributed by atoms with Crippen LogP contribution in [-0.2, 0) is 0 Å². The van der Waals surface area contributed by atoms with Gasteiger partial charge in [0.2, 0.25) is 5.95 Å². The summed E-state index contributed by atoms with van der Waals surface area (Å²) in [7, 11) is 0. The van der Waals surface area contributed by atoms with E-state index in [4.69, 9.17) is 4.42 Å². The van der Waals surface area contributed by atoms with Crippen LogP contribution in [0.25, 0.3) is 11.0 Å². The second-order valence-corrected chi connectivity index (χ2v) is 4.64. The van der Waals surface area contributed by atoms with E-state index in [-0.39, 0.29) is 6.04 Å². The zero-order valence-electron chi connectivity index (χ0n) is 10.9. The van der Waals surface area contributed by atoms with E-state index in [2.05, 4.69) is 15.3 Å². The molecule has 0 bridgehead atoms. The van der Waals surface area contributed by atoms with Crippen molar-refractivity contribution in [3.8, 4) is 0 Å². The SMILES string of the molecule is Cc1cnc(N[C@H](C)c2cc3ccccc3o2)nc1. The Labute approximate surface area is 111 Å². The summed E-state index contributed by atoms with van der Waals surface area (Å²) in [6, 6.07) is 10.0. The van der Waals surface area contributed by atoms with Gasteiger partial charge in [-0.3, -0.25) is 0 Å². The summed E-state index contributed by atoms with van der Waals surface area (Å²) >= 11 is 0. The Balaban J connectivity index is 1.83. The molecule has 19 heavy (non-hydrogen) atoms. The van der Waals surface area contributed by atoms with Crippen molar-refractivity contribution < 1.29 is 4.42 Å². The molecular weight excluding hydrogens is 238 g/mol. The van der Waals surface area contributed by atoms with Crippen molar-refractivity contribution in [2.24, 2.45) is 0 Å². The minimum absolute atomic E-state index is 0.0232. The first-order chi connectivity index (χ1) is 9.22. The summed E-state index contributed by atoms with van der Waals surface area (Å²) in [6.45, 7) is 3.99. The van der Waals surface area contributed by atoms with Crippen LogP contribution in [0.4, 0.5) is 5.95 Å². The first-order valence-corrected chi connectivity index (χ1v) is 6.26. The van der Waals surface area contributed by atoms with Gasteiger partial charge in [0.15, 0.2) is 0 Å². The van der Waals surface area contributed by atoms with Gasteiger partial charge in [-0.2, -0.15) is 0 Å². The molecule has 3 aromatic rings. The van der Waals surface area contributed by atoms with Crippen molar-refractivity contribution in [1.29, 1.82) is 0 Å². The lowest BCUT2D eigenvalue weighted by molar-refractivity contribution is 0.525. The van der Waals surface area contributed by atoms with E-state index in [1.165, 1.54) is 0 Å². The topological polar surface area (TPSA) is 51.0 Å². The lowest BCUT2D eigenvalue weighted by Gasteiger charge is -2.10. The van der Waals surface area contributed by atoms with Crippen LogP contribution in [0, 0.1) is 6.92 Å². The number of anilines is 1. The Morgan fingerprint density at radius 2 is 1.89 bits per heavy atom. The normalized spacial score (nSPS) is 12.5. The van der Waals surface area contributed by atoms with E-state index in [0.29, 0.717) is 5.95 Å². The highest BCUT2D eigenvalue weighted by Gasteiger charge is 2.12. The van der Waals surface area contributed by atoms with Crippen LogP contribution >= 0.6 is 0 Å². The molecule has 0 radical (unpaired) electrons. The molecule has 2 heterocycles. The lowest BCUT2D eigenvalue weighted by Crippen LogP contribution is -2.08. The van der Waals surface area contributed by atoms with Gasteiger partial charge in [-0.25, -0.2) is 9.97 Å². The molecule has 1 N–H and O–H groups in total. The molecule has 0 aliphatic rings. The van der Waals surface area contributed by atoms with Gasteiger partial charge >= 0.3 is 0 Å². The Hall–Kier alpha value is -2.36. The van der Waals surface area contributed by atoms with Crippen LogP contribution in [-0.4, -0.2) is 9.97 Å². The Morgan fingerprint density at radius 1 is 1.16 bits per heavy atom. The first kappa shape index (κ1) is 11.7. The number of nitrogens with one attached hydrogen (secondary N) is 1. The molecule has 0 fully saturated rings. The van der Waals surface area contributed by atoms with Crippen molar-refractivity contribution in [2.75, 3.05) is 5.32 Å². The average molecular weight is 253 g/mol. The number of fused-ring (bicyclic) bond motifs is 1. The second kappa shape index (κ2) is 4.72. The van der Waals surface area contributed by atoms with Crippen LogP contribution in [0.1, 0.15) is 24.3 Å². The van der Waals surface area contributed by atoms with Gasteiger partial charge in [-0.15, -0.1) is 0 Å². The van der Waals surface area contributed by atoms with Gasteiger partial charge in [0.1, 0.15) is 11.3 Å². The predicted molar refractivity (Wildman–Crippen MR) is 75.0 cm³/mol. The Kier molecular flexibility index (Phi) is 2.91. The molecule has 1 atom stereocenters. The number of benzene rings is 1. The van der Waals surface area contributed by atoms with Crippen LogP contribution < -0.4 is 5.32 Å². The minimum atomic E-state index is 0.0232. The molecule has 0 aliphatic carbocycles. The van der Waals surface area contributed by atoms with E-state index in [1.807, 2.05) is 44.2 Å². The van der Waals surface area contributed by atoms with Crippen molar-refractivity contribution in [1.82, 2.24) is 9.97 Å². The molecule has 0 saturated carbocycles. The van der Waals surface area contributed by atoms with Gasteiger partial charge in [-0.1, -0.05) is 18.2 Å². The number of aromatic nitrogens is 2. The summed E-state index contributed by atoms with van der Waals surface area (Å²) < 4.78 is 5.81. The highest BCUT2D eigenvalue weighted by Crippen LogP contribution is 2.25. The molecule has 1 aromatic carbocycles. The average Bonchev–Trinajstić information content (AvgIpc) is 2.85. The Bertz CT molecular complexity index is 655. The number of nitrogens with zero attached hydrogens (tertiary/aromatic N) is 2. The zero-order chi connectivity index (χ0) is 13.2. The fourth-order valence-electron chi connectivity index (χ4n) is 1.95. The van der Waals surface area contributed by atoms with Gasteiger partial charge in [-0.05, 0) is 31.5 Å². The maximum absolute atomic E-state index is 5.81. The minimum Gasteiger partial charge on any atom is -0.459 e. The van der Waals surface area contributed by atoms with E-state index in [0.717, 1.165) is 22.3 Å². The van der Waals surface area contributed by atoms with Gasteiger partial charge < -0.3 is 9.73 Å². The molecule has 4 heteroatoms. The molecule has 0 unspecified atom stereocenters. The zero-order valence-corrected chi connectivity index (χ0v) is 10.9. The fourth-order valence-corrected chi connectivity index (χ4v) is 1.95. The number of rotatable bonds is 3. The molecule has 96 valence electrons. The number of aryl methyl sites for hydroxylation is 1. The van der Waals surface area contributed by atoms with Gasteiger partial charge in [0, 0.05) is 17.8 Å². The molecule has 0 spiro atoms. The smallest absolute Gasteiger partial charge is 0.223 e. The monoisotopic (exact) mass is 253 g/mol. The van der Waals surface area contributed by atoms with Crippen LogP contribution in [0.3, 0.4) is 0 Å². The molecule has 4 nitrogen and oxygen atoms in total. The summed E-state index contributed by atoms with van der Waals surface area (Å²) in [5, 5.41) is 4.34. The third-order valence-electron chi connectivity index (χ3n) is 3.00. The third-order valence-corrected chi connectivity index (χ3v) is 3.00. The Morgan fingerprint density at radius 3 is 2.63 bits per heavy atom. The maximum Gasteiger partial charge on any atom is 0.223 e. The van der Waals surface area contributed by atoms with E-state index >= 15 is 0 Å². The summed E-state index contributed by atoms with van der Waals surface area (Å²) in [4.78, 5) is 8.47. The van der Waals surface area contributed by atoms with E-state index < -0.39 is 0 Å².